The molecule has 0 aliphatic carbocycles. The summed E-state index contributed by atoms with van der Waals surface area (Å²) in [4.78, 5) is 21.1. The molecule has 0 spiro atoms. The van der Waals surface area contributed by atoms with Gasteiger partial charge >= 0.3 is 0 Å². The van der Waals surface area contributed by atoms with Crippen molar-refractivity contribution in [2.45, 2.75) is 6.42 Å². The van der Waals surface area contributed by atoms with Crippen LogP contribution in [0.2, 0.25) is 0 Å². The predicted octanol–water partition coefficient (Wildman–Crippen LogP) is 4.66. The van der Waals surface area contributed by atoms with Crippen molar-refractivity contribution >= 4 is 55.3 Å². The molecule has 0 aliphatic heterocycles. The molecule has 1 amide bonds. The van der Waals surface area contributed by atoms with Crippen LogP contribution < -0.4 is 5.32 Å². The van der Waals surface area contributed by atoms with Crippen LogP contribution in [0, 0.1) is 0 Å². The third kappa shape index (κ3) is 3.17. The zero-order valence-electron chi connectivity index (χ0n) is 11.9. The first-order valence-corrected chi connectivity index (χ1v) is 9.54. The lowest BCUT2D eigenvalue weighted by Gasteiger charge is -1.98. The summed E-state index contributed by atoms with van der Waals surface area (Å²) in [6.07, 6.45) is 0.260. The summed E-state index contributed by atoms with van der Waals surface area (Å²) in [6, 6.07) is 9.88. The number of carbonyl (C=O) groups is 1. The number of thiazole rings is 2. The van der Waals surface area contributed by atoms with Crippen molar-refractivity contribution in [2.75, 3.05) is 5.32 Å². The molecule has 4 aromatic rings. The molecular formula is C16H11N3OS3. The second kappa shape index (κ2) is 6.19. The average molecular weight is 357 g/mol. The van der Waals surface area contributed by atoms with Gasteiger partial charge in [-0.25, -0.2) is 9.97 Å². The number of aromatic nitrogens is 2. The summed E-state index contributed by atoms with van der Waals surface area (Å²) in [6.45, 7) is 0. The summed E-state index contributed by atoms with van der Waals surface area (Å²) < 4.78 is 1.07. The monoisotopic (exact) mass is 357 g/mol. The number of para-hydroxylation sites is 1. The maximum absolute atomic E-state index is 12.2. The Hall–Kier alpha value is -2.09. The predicted molar refractivity (Wildman–Crippen MR) is 97.4 cm³/mol. The Morgan fingerprint density at radius 1 is 1.13 bits per heavy atom. The van der Waals surface area contributed by atoms with Gasteiger partial charge in [0.25, 0.3) is 0 Å². The van der Waals surface area contributed by atoms with Crippen LogP contribution in [0.25, 0.3) is 20.8 Å². The van der Waals surface area contributed by atoms with Crippen LogP contribution in [0.5, 0.6) is 0 Å². The van der Waals surface area contributed by atoms with Crippen molar-refractivity contribution in [1.82, 2.24) is 9.97 Å². The Morgan fingerprint density at radius 3 is 2.87 bits per heavy atom. The van der Waals surface area contributed by atoms with Crippen LogP contribution in [0.15, 0.2) is 46.5 Å². The van der Waals surface area contributed by atoms with Gasteiger partial charge in [0.05, 0.1) is 22.3 Å². The summed E-state index contributed by atoms with van der Waals surface area (Å²) in [5, 5.41) is 10.5. The highest BCUT2D eigenvalue weighted by molar-refractivity contribution is 7.22. The number of carbonyl (C=O) groups excluding carboxylic acids is 1. The molecule has 114 valence electrons. The first-order chi connectivity index (χ1) is 11.3. The lowest BCUT2D eigenvalue weighted by atomic mass is 10.3. The number of fused-ring (bicyclic) bond motifs is 1. The number of anilines is 1. The number of nitrogens with zero attached hydrogens (tertiary/aromatic N) is 2. The molecule has 3 aromatic heterocycles. The van der Waals surface area contributed by atoms with E-state index in [0.29, 0.717) is 5.13 Å². The van der Waals surface area contributed by atoms with Crippen LogP contribution in [0.4, 0.5) is 5.13 Å². The number of amides is 1. The smallest absolute Gasteiger partial charge is 0.232 e. The fraction of sp³-hybridized carbons (Fsp3) is 0.0625. The van der Waals surface area contributed by atoms with Gasteiger partial charge in [0.15, 0.2) is 5.13 Å². The molecule has 23 heavy (non-hydrogen) atoms. The minimum atomic E-state index is -0.0915. The first-order valence-electron chi connectivity index (χ1n) is 6.90. The van der Waals surface area contributed by atoms with Crippen LogP contribution in [0.3, 0.4) is 0 Å². The normalized spacial score (nSPS) is 11.0. The van der Waals surface area contributed by atoms with Crippen molar-refractivity contribution in [3.63, 3.8) is 0 Å². The summed E-state index contributed by atoms with van der Waals surface area (Å²) in [7, 11) is 0. The van der Waals surface area contributed by atoms with Gasteiger partial charge in [0.1, 0.15) is 5.01 Å². The highest BCUT2D eigenvalue weighted by Crippen LogP contribution is 2.27. The summed E-state index contributed by atoms with van der Waals surface area (Å²) in [5.74, 6) is -0.0915. The van der Waals surface area contributed by atoms with E-state index in [1.807, 2.05) is 41.1 Å². The van der Waals surface area contributed by atoms with Crippen molar-refractivity contribution in [2.24, 2.45) is 0 Å². The van der Waals surface area contributed by atoms with E-state index in [-0.39, 0.29) is 12.3 Å². The Bertz CT molecular complexity index is 923. The Morgan fingerprint density at radius 2 is 2.04 bits per heavy atom. The third-order valence-corrected chi connectivity index (χ3v) is 5.78. The molecule has 0 saturated carbocycles. The van der Waals surface area contributed by atoms with E-state index in [1.165, 1.54) is 11.3 Å². The van der Waals surface area contributed by atoms with Gasteiger partial charge in [-0.1, -0.05) is 23.5 Å². The molecule has 0 radical (unpaired) electrons. The van der Waals surface area contributed by atoms with Gasteiger partial charge in [-0.15, -0.1) is 11.3 Å². The maximum atomic E-state index is 12.2. The van der Waals surface area contributed by atoms with Gasteiger partial charge in [0.2, 0.25) is 5.91 Å². The fourth-order valence-corrected chi connectivity index (χ4v) is 4.57. The number of thiophene rings is 1. The molecule has 4 nitrogen and oxygen atoms in total. The van der Waals surface area contributed by atoms with Gasteiger partial charge in [0, 0.05) is 16.3 Å². The molecule has 0 unspecified atom stereocenters. The number of hydrogen-bond acceptors (Lipinski definition) is 6. The zero-order valence-corrected chi connectivity index (χ0v) is 14.3. The molecule has 1 aromatic carbocycles. The van der Waals surface area contributed by atoms with Gasteiger partial charge in [-0.2, -0.15) is 11.3 Å². The fourth-order valence-electron chi connectivity index (χ4n) is 2.16. The van der Waals surface area contributed by atoms with Crippen LogP contribution in [-0.2, 0) is 11.2 Å². The van der Waals surface area contributed by atoms with Gasteiger partial charge in [-0.05, 0) is 23.6 Å². The second-order valence-electron chi connectivity index (χ2n) is 4.87. The standard InChI is InChI=1S/C16H11N3OS3/c20-14(19-16-18-12-3-1-2-4-13(12)23-16)7-11-9-22-15(17-11)10-5-6-21-8-10/h1-6,8-9H,7H2,(H,18,19,20). The van der Waals surface area contributed by atoms with Crippen molar-refractivity contribution < 1.29 is 4.79 Å². The quantitative estimate of drug-likeness (QED) is 0.578. The van der Waals surface area contributed by atoms with E-state index in [9.17, 15) is 4.79 Å². The molecular weight excluding hydrogens is 346 g/mol. The van der Waals surface area contributed by atoms with E-state index in [2.05, 4.69) is 20.7 Å². The van der Waals surface area contributed by atoms with Crippen LogP contribution >= 0.6 is 34.0 Å². The topological polar surface area (TPSA) is 54.9 Å². The molecule has 0 fully saturated rings. The highest BCUT2D eigenvalue weighted by Gasteiger charge is 2.11. The van der Waals surface area contributed by atoms with E-state index < -0.39 is 0 Å². The number of hydrogen-bond donors (Lipinski definition) is 1. The number of benzene rings is 1. The van der Waals surface area contributed by atoms with Gasteiger partial charge < -0.3 is 5.32 Å². The van der Waals surface area contributed by atoms with Gasteiger partial charge in [-0.3, -0.25) is 4.79 Å². The molecule has 1 N–H and O–H groups in total. The lowest BCUT2D eigenvalue weighted by molar-refractivity contribution is -0.115. The third-order valence-electron chi connectivity index (χ3n) is 3.20. The minimum absolute atomic E-state index is 0.0915. The molecule has 0 aliphatic rings. The molecule has 4 rings (SSSR count). The number of rotatable bonds is 4. The molecule has 3 heterocycles. The summed E-state index contributed by atoms with van der Waals surface area (Å²) >= 11 is 4.68. The van der Waals surface area contributed by atoms with E-state index in [4.69, 9.17) is 0 Å². The van der Waals surface area contributed by atoms with E-state index in [0.717, 1.165) is 26.5 Å². The second-order valence-corrected chi connectivity index (χ2v) is 7.54. The molecule has 0 saturated heterocycles. The minimum Gasteiger partial charge on any atom is -0.302 e. The van der Waals surface area contributed by atoms with Crippen LogP contribution in [-0.4, -0.2) is 15.9 Å². The largest absolute Gasteiger partial charge is 0.302 e. The Kier molecular flexibility index (Phi) is 3.90. The van der Waals surface area contributed by atoms with Crippen LogP contribution in [0.1, 0.15) is 5.69 Å². The summed E-state index contributed by atoms with van der Waals surface area (Å²) in [5.41, 5.74) is 2.80. The average Bonchev–Trinajstić information content (AvgIpc) is 3.26. The van der Waals surface area contributed by atoms with Crippen molar-refractivity contribution in [1.29, 1.82) is 0 Å². The Balaban J connectivity index is 1.45. The first kappa shape index (κ1) is 14.5. The molecule has 7 heteroatoms. The Labute approximate surface area is 144 Å². The number of nitrogens with one attached hydrogen (secondary N) is 1. The van der Waals surface area contributed by atoms with Crippen molar-refractivity contribution in [3.8, 4) is 10.6 Å². The molecule has 0 atom stereocenters. The van der Waals surface area contributed by atoms with Crippen molar-refractivity contribution in [3.05, 3.63) is 52.2 Å². The van der Waals surface area contributed by atoms with E-state index in [1.54, 1.807) is 22.7 Å². The highest BCUT2D eigenvalue weighted by atomic mass is 32.1. The SMILES string of the molecule is O=C(Cc1csc(-c2ccsc2)n1)Nc1nc2ccccc2s1. The maximum Gasteiger partial charge on any atom is 0.232 e. The zero-order chi connectivity index (χ0) is 15.6. The molecule has 0 bridgehead atoms. The van der Waals surface area contributed by atoms with E-state index >= 15 is 0 Å². The lowest BCUT2D eigenvalue weighted by Crippen LogP contribution is -2.14.